The van der Waals surface area contributed by atoms with Crippen LogP contribution in [0.2, 0.25) is 0 Å². The summed E-state index contributed by atoms with van der Waals surface area (Å²) in [6.07, 6.45) is 1.71. The quantitative estimate of drug-likeness (QED) is 0.712. The molecule has 0 radical (unpaired) electrons. The van der Waals surface area contributed by atoms with Crippen LogP contribution in [0.25, 0.3) is 11.0 Å². The molecule has 0 saturated heterocycles. The SMILES string of the molecule is CC[C@H](NC(=O)COc1cc2c(c3oc(=O)cc(C)c13)CCC(C)(C)O2)C(=O)O. The predicted molar refractivity (Wildman–Crippen MR) is 106 cm³/mol. The highest BCUT2D eigenvalue weighted by atomic mass is 16.5. The van der Waals surface area contributed by atoms with Gasteiger partial charge in [-0.15, -0.1) is 0 Å². The molecule has 1 aromatic heterocycles. The lowest BCUT2D eigenvalue weighted by molar-refractivity contribution is -0.142. The number of carboxylic acid groups (broad SMARTS) is 1. The molecule has 2 N–H and O–H groups in total. The van der Waals surface area contributed by atoms with E-state index in [1.165, 1.54) is 6.07 Å². The molecule has 156 valence electrons. The molecule has 1 aliphatic rings. The Morgan fingerprint density at radius 2 is 2.07 bits per heavy atom. The number of amides is 1. The number of ether oxygens (including phenoxy) is 2. The van der Waals surface area contributed by atoms with Crippen molar-refractivity contribution in [1.82, 2.24) is 5.32 Å². The van der Waals surface area contributed by atoms with E-state index in [4.69, 9.17) is 19.0 Å². The first-order valence-electron chi connectivity index (χ1n) is 9.55. The molecule has 3 rings (SSSR count). The molecule has 0 spiro atoms. The first kappa shape index (κ1) is 20.7. The molecule has 1 amide bonds. The molecule has 1 aromatic carbocycles. The highest BCUT2D eigenvalue weighted by Gasteiger charge is 2.30. The van der Waals surface area contributed by atoms with E-state index >= 15 is 0 Å². The van der Waals surface area contributed by atoms with Gasteiger partial charge in [-0.25, -0.2) is 9.59 Å². The minimum absolute atomic E-state index is 0.260. The van der Waals surface area contributed by atoms with Crippen molar-refractivity contribution in [2.24, 2.45) is 0 Å². The van der Waals surface area contributed by atoms with Crippen molar-refractivity contribution in [3.05, 3.63) is 33.7 Å². The van der Waals surface area contributed by atoms with Crippen LogP contribution in [0.1, 0.15) is 44.7 Å². The number of carbonyl (C=O) groups is 2. The van der Waals surface area contributed by atoms with Gasteiger partial charge in [-0.3, -0.25) is 4.79 Å². The first-order chi connectivity index (χ1) is 13.6. The van der Waals surface area contributed by atoms with Gasteiger partial charge in [0.1, 0.15) is 28.7 Å². The molecule has 8 heteroatoms. The predicted octanol–water partition coefficient (Wildman–Crippen LogP) is 2.56. The highest BCUT2D eigenvalue weighted by molar-refractivity contribution is 5.92. The van der Waals surface area contributed by atoms with Gasteiger partial charge < -0.3 is 24.3 Å². The van der Waals surface area contributed by atoms with Crippen LogP contribution in [0.4, 0.5) is 0 Å². The summed E-state index contributed by atoms with van der Waals surface area (Å²) in [6.45, 7) is 7.00. The number of aliphatic carboxylic acids is 1. The molecule has 0 bridgehead atoms. The van der Waals surface area contributed by atoms with Gasteiger partial charge >= 0.3 is 11.6 Å². The fourth-order valence-electron chi connectivity index (χ4n) is 3.45. The van der Waals surface area contributed by atoms with Gasteiger partial charge in [0.25, 0.3) is 5.91 Å². The first-order valence-corrected chi connectivity index (χ1v) is 9.55. The molecule has 8 nitrogen and oxygen atoms in total. The summed E-state index contributed by atoms with van der Waals surface area (Å²) in [5, 5.41) is 12.1. The number of hydrogen-bond acceptors (Lipinski definition) is 6. The van der Waals surface area contributed by atoms with Crippen LogP contribution in [0.5, 0.6) is 11.5 Å². The number of benzene rings is 1. The Kier molecular flexibility index (Phi) is 5.55. The van der Waals surface area contributed by atoms with Gasteiger partial charge in [0.05, 0.1) is 5.39 Å². The van der Waals surface area contributed by atoms with Crippen molar-refractivity contribution in [2.45, 2.75) is 58.6 Å². The molecule has 0 saturated carbocycles. The Morgan fingerprint density at radius 3 is 2.72 bits per heavy atom. The average molecular weight is 403 g/mol. The Balaban J connectivity index is 1.96. The van der Waals surface area contributed by atoms with E-state index in [1.54, 1.807) is 19.9 Å². The van der Waals surface area contributed by atoms with Crippen LogP contribution in [-0.4, -0.2) is 35.2 Å². The summed E-state index contributed by atoms with van der Waals surface area (Å²) in [5.74, 6) is -0.763. The van der Waals surface area contributed by atoms with E-state index in [2.05, 4.69) is 5.32 Å². The largest absolute Gasteiger partial charge is 0.487 e. The van der Waals surface area contributed by atoms with E-state index in [9.17, 15) is 14.4 Å². The van der Waals surface area contributed by atoms with E-state index in [1.807, 2.05) is 13.8 Å². The molecule has 0 fully saturated rings. The van der Waals surface area contributed by atoms with E-state index < -0.39 is 23.5 Å². The zero-order valence-electron chi connectivity index (χ0n) is 17.0. The lowest BCUT2D eigenvalue weighted by Crippen LogP contribution is -2.42. The topological polar surface area (TPSA) is 115 Å². The third-order valence-corrected chi connectivity index (χ3v) is 5.00. The van der Waals surface area contributed by atoms with Gasteiger partial charge in [-0.2, -0.15) is 0 Å². The van der Waals surface area contributed by atoms with E-state index in [0.717, 1.165) is 12.0 Å². The van der Waals surface area contributed by atoms with Gasteiger partial charge in [-0.1, -0.05) is 6.92 Å². The summed E-state index contributed by atoms with van der Waals surface area (Å²) in [4.78, 5) is 35.2. The number of aryl methyl sites for hydroxylation is 2. The number of hydrogen-bond donors (Lipinski definition) is 2. The van der Waals surface area contributed by atoms with Crippen LogP contribution < -0.4 is 20.4 Å². The number of rotatable bonds is 6. The lowest BCUT2D eigenvalue weighted by Gasteiger charge is -2.33. The summed E-state index contributed by atoms with van der Waals surface area (Å²) in [6, 6.07) is 2.09. The monoisotopic (exact) mass is 403 g/mol. The fourth-order valence-corrected chi connectivity index (χ4v) is 3.45. The highest BCUT2D eigenvalue weighted by Crippen LogP contribution is 2.42. The normalized spacial score (nSPS) is 15.9. The Bertz CT molecular complexity index is 1020. The van der Waals surface area contributed by atoms with Crippen molar-refractivity contribution in [1.29, 1.82) is 0 Å². The van der Waals surface area contributed by atoms with E-state index in [0.29, 0.717) is 34.5 Å². The van der Waals surface area contributed by atoms with Crippen molar-refractivity contribution in [3.8, 4) is 11.5 Å². The average Bonchev–Trinajstić information content (AvgIpc) is 2.62. The van der Waals surface area contributed by atoms with Crippen LogP contribution in [0.15, 0.2) is 21.3 Å². The van der Waals surface area contributed by atoms with E-state index in [-0.39, 0.29) is 18.6 Å². The molecule has 29 heavy (non-hydrogen) atoms. The fraction of sp³-hybridized carbons (Fsp3) is 0.476. The Labute approximate surface area is 167 Å². The van der Waals surface area contributed by atoms with Crippen molar-refractivity contribution < 1.29 is 28.6 Å². The second kappa shape index (κ2) is 7.77. The molecule has 0 unspecified atom stereocenters. The van der Waals surface area contributed by atoms with Crippen molar-refractivity contribution in [3.63, 3.8) is 0 Å². The molecular formula is C21H25NO7. The maximum atomic E-state index is 12.2. The van der Waals surface area contributed by atoms with Gasteiger partial charge in [0.2, 0.25) is 0 Å². The van der Waals surface area contributed by atoms with Gasteiger partial charge in [0, 0.05) is 17.7 Å². The van der Waals surface area contributed by atoms with Crippen molar-refractivity contribution >= 4 is 22.8 Å². The lowest BCUT2D eigenvalue weighted by atomic mass is 9.92. The standard InChI is InChI=1S/C21H25NO7/c1-5-13(20(25)26)22-16(23)10-27-15-9-14-12(6-7-21(3,4)29-14)19-18(15)11(2)8-17(24)28-19/h8-9,13H,5-7,10H2,1-4H3,(H,22,23)(H,25,26)/t13-/m0/s1. The number of fused-ring (bicyclic) bond motifs is 3. The van der Waals surface area contributed by atoms with Crippen LogP contribution >= 0.6 is 0 Å². The minimum Gasteiger partial charge on any atom is -0.487 e. The second-order valence-electron chi connectivity index (χ2n) is 7.82. The zero-order chi connectivity index (χ0) is 21.3. The molecule has 2 heterocycles. The van der Waals surface area contributed by atoms with Crippen LogP contribution in [0, 0.1) is 6.92 Å². The summed E-state index contributed by atoms with van der Waals surface area (Å²) < 4.78 is 17.2. The molecular weight excluding hydrogens is 378 g/mol. The molecule has 0 aliphatic carbocycles. The summed E-state index contributed by atoms with van der Waals surface area (Å²) in [5.41, 5.74) is 1.01. The number of carbonyl (C=O) groups excluding carboxylic acids is 1. The summed E-state index contributed by atoms with van der Waals surface area (Å²) in [7, 11) is 0. The maximum Gasteiger partial charge on any atom is 0.336 e. The number of nitrogens with one attached hydrogen (secondary N) is 1. The minimum atomic E-state index is -1.10. The van der Waals surface area contributed by atoms with Crippen LogP contribution in [0.3, 0.4) is 0 Å². The van der Waals surface area contributed by atoms with Crippen LogP contribution in [-0.2, 0) is 16.0 Å². The second-order valence-corrected chi connectivity index (χ2v) is 7.82. The maximum absolute atomic E-state index is 12.2. The van der Waals surface area contributed by atoms with Gasteiger partial charge in [0.15, 0.2) is 6.61 Å². The molecule has 2 aromatic rings. The van der Waals surface area contributed by atoms with Gasteiger partial charge in [-0.05, 0) is 45.6 Å². The molecule has 1 aliphatic heterocycles. The van der Waals surface area contributed by atoms with Crippen molar-refractivity contribution in [2.75, 3.05) is 6.61 Å². The third kappa shape index (κ3) is 4.36. The zero-order valence-corrected chi connectivity index (χ0v) is 17.0. The summed E-state index contributed by atoms with van der Waals surface area (Å²) >= 11 is 0. The Morgan fingerprint density at radius 1 is 1.34 bits per heavy atom. The Hall–Kier alpha value is -3.03. The smallest absolute Gasteiger partial charge is 0.336 e. The third-order valence-electron chi connectivity index (χ3n) is 5.00. The number of carboxylic acids is 1. The molecule has 1 atom stereocenters.